The summed E-state index contributed by atoms with van der Waals surface area (Å²) < 4.78 is 0. The fourth-order valence-electron chi connectivity index (χ4n) is 1.42. The van der Waals surface area contributed by atoms with Crippen LogP contribution in [-0.2, 0) is 0 Å². The zero-order valence-electron chi connectivity index (χ0n) is 13.4. The van der Waals surface area contributed by atoms with E-state index in [1.165, 1.54) is 6.34 Å². The Morgan fingerprint density at radius 3 is 2.32 bits per heavy atom. The van der Waals surface area contributed by atoms with Gasteiger partial charge in [-0.15, -0.1) is 0 Å². The summed E-state index contributed by atoms with van der Waals surface area (Å²) in [6.07, 6.45) is 9.37. The maximum absolute atomic E-state index is 7.36. The minimum atomic E-state index is -0.180. The lowest BCUT2D eigenvalue weighted by atomic mass is 9.97. The van der Waals surface area contributed by atoms with E-state index in [9.17, 15) is 0 Å². The molecule has 1 atom stereocenters. The van der Waals surface area contributed by atoms with Crippen molar-refractivity contribution in [3.63, 3.8) is 0 Å². The molecule has 0 bridgehead atoms. The predicted octanol–water partition coefficient (Wildman–Crippen LogP) is 4.47. The third-order valence-electron chi connectivity index (χ3n) is 3.05. The molecule has 0 fully saturated rings. The van der Waals surface area contributed by atoms with Crippen LogP contribution in [0.15, 0.2) is 29.4 Å². The van der Waals surface area contributed by atoms with Crippen LogP contribution in [0.5, 0.6) is 0 Å². The first-order chi connectivity index (χ1) is 8.85. The second-order valence-electron chi connectivity index (χ2n) is 5.44. The molecule has 0 aliphatic carbocycles. The molecule has 0 radical (unpaired) electrons. The summed E-state index contributed by atoms with van der Waals surface area (Å²) in [7, 11) is 0. The Morgan fingerprint density at radius 1 is 1.26 bits per heavy atom. The fraction of sp³-hybridized carbons (Fsp3) is 0.625. The molecule has 19 heavy (non-hydrogen) atoms. The Hall–Kier alpha value is -1.38. The SMILES string of the molecule is CC.CC(C)C(C)/C=C\C1=NC(C)(C)C=CN1C=N. The summed E-state index contributed by atoms with van der Waals surface area (Å²) in [5.41, 5.74) is -0.180. The normalized spacial score (nSPS) is 18.9. The standard InChI is InChI=1S/C14H23N3.C2H6/c1-11(2)12(3)6-7-13-16-14(4,5)8-9-17(13)10-15;1-2/h6-12,15H,1-5H3;1-2H3/b7-6-,15-10?;. The highest BCUT2D eigenvalue weighted by molar-refractivity contribution is 6.01. The Morgan fingerprint density at radius 2 is 1.84 bits per heavy atom. The number of nitrogens with zero attached hydrogens (tertiary/aromatic N) is 2. The van der Waals surface area contributed by atoms with Gasteiger partial charge in [0.25, 0.3) is 0 Å². The zero-order chi connectivity index (χ0) is 15.1. The van der Waals surface area contributed by atoms with Crippen molar-refractivity contribution < 1.29 is 0 Å². The number of hydrogen-bond donors (Lipinski definition) is 1. The topological polar surface area (TPSA) is 39.5 Å². The van der Waals surface area contributed by atoms with Crippen molar-refractivity contribution in [1.82, 2.24) is 4.90 Å². The molecule has 1 rings (SSSR count). The summed E-state index contributed by atoms with van der Waals surface area (Å²) in [6.45, 7) is 14.7. The van der Waals surface area contributed by atoms with Gasteiger partial charge in [0.05, 0.1) is 11.9 Å². The van der Waals surface area contributed by atoms with Gasteiger partial charge in [-0.05, 0) is 37.8 Å². The largest absolute Gasteiger partial charge is 0.293 e. The monoisotopic (exact) mass is 263 g/mol. The molecule has 1 heterocycles. The van der Waals surface area contributed by atoms with Crippen LogP contribution < -0.4 is 0 Å². The van der Waals surface area contributed by atoms with Crippen LogP contribution in [0.4, 0.5) is 0 Å². The molecule has 0 saturated heterocycles. The van der Waals surface area contributed by atoms with Gasteiger partial charge in [-0.2, -0.15) is 0 Å². The molecule has 3 heteroatoms. The first kappa shape index (κ1) is 17.6. The molecule has 0 aromatic rings. The van der Waals surface area contributed by atoms with E-state index in [0.29, 0.717) is 11.8 Å². The first-order valence-corrected chi connectivity index (χ1v) is 7.12. The molecular weight excluding hydrogens is 234 g/mol. The fourth-order valence-corrected chi connectivity index (χ4v) is 1.42. The van der Waals surface area contributed by atoms with Crippen molar-refractivity contribution in [1.29, 1.82) is 5.41 Å². The molecule has 0 aromatic heterocycles. The third-order valence-corrected chi connectivity index (χ3v) is 3.05. The van der Waals surface area contributed by atoms with Gasteiger partial charge in [0.1, 0.15) is 5.84 Å². The molecular formula is C16H29N3. The van der Waals surface area contributed by atoms with Crippen molar-refractivity contribution in [2.24, 2.45) is 16.8 Å². The van der Waals surface area contributed by atoms with Crippen LogP contribution in [0, 0.1) is 17.2 Å². The average Bonchev–Trinajstić information content (AvgIpc) is 2.37. The highest BCUT2D eigenvalue weighted by Crippen LogP contribution is 2.18. The van der Waals surface area contributed by atoms with E-state index in [1.807, 2.05) is 32.2 Å². The van der Waals surface area contributed by atoms with Gasteiger partial charge in [-0.3, -0.25) is 15.3 Å². The van der Waals surface area contributed by atoms with Gasteiger partial charge in [-0.1, -0.05) is 40.7 Å². The Balaban J connectivity index is 0.00000154. The molecule has 1 unspecified atom stereocenters. The quantitative estimate of drug-likeness (QED) is 0.589. The molecule has 0 saturated carbocycles. The summed E-state index contributed by atoms with van der Waals surface area (Å²) in [5, 5.41) is 7.36. The summed E-state index contributed by atoms with van der Waals surface area (Å²) in [6, 6.07) is 0. The predicted molar refractivity (Wildman–Crippen MR) is 85.8 cm³/mol. The smallest absolute Gasteiger partial charge is 0.133 e. The molecule has 0 amide bonds. The van der Waals surface area contributed by atoms with Crippen molar-refractivity contribution >= 4 is 12.2 Å². The summed E-state index contributed by atoms with van der Waals surface area (Å²) in [4.78, 5) is 6.35. The first-order valence-electron chi connectivity index (χ1n) is 7.12. The third kappa shape index (κ3) is 5.86. The molecule has 0 spiro atoms. The van der Waals surface area contributed by atoms with Crippen molar-refractivity contribution in [2.45, 2.75) is 54.0 Å². The van der Waals surface area contributed by atoms with Crippen LogP contribution in [-0.4, -0.2) is 22.6 Å². The Kier molecular flexibility index (Phi) is 7.35. The molecule has 1 N–H and O–H groups in total. The molecule has 108 valence electrons. The average molecular weight is 263 g/mol. The molecule has 0 aromatic carbocycles. The highest BCUT2D eigenvalue weighted by Gasteiger charge is 2.19. The van der Waals surface area contributed by atoms with Gasteiger partial charge >= 0.3 is 0 Å². The zero-order valence-corrected chi connectivity index (χ0v) is 13.4. The number of aliphatic imine (C=N–C) groups is 1. The van der Waals surface area contributed by atoms with Crippen LogP contribution in [0.2, 0.25) is 0 Å². The van der Waals surface area contributed by atoms with Gasteiger partial charge in [0.15, 0.2) is 0 Å². The lowest BCUT2D eigenvalue weighted by Gasteiger charge is -2.26. The minimum Gasteiger partial charge on any atom is -0.293 e. The van der Waals surface area contributed by atoms with Crippen LogP contribution in [0.1, 0.15) is 48.5 Å². The molecule has 1 aliphatic rings. The van der Waals surface area contributed by atoms with Crippen molar-refractivity contribution in [3.8, 4) is 0 Å². The molecule has 1 aliphatic heterocycles. The maximum atomic E-state index is 7.36. The van der Waals surface area contributed by atoms with Crippen LogP contribution >= 0.6 is 0 Å². The number of nitrogens with one attached hydrogen (secondary N) is 1. The Bertz CT molecular complexity index is 362. The van der Waals surface area contributed by atoms with E-state index in [2.05, 4.69) is 45.7 Å². The van der Waals surface area contributed by atoms with Gasteiger partial charge in [0, 0.05) is 6.20 Å². The number of hydrogen-bond acceptors (Lipinski definition) is 2. The van der Waals surface area contributed by atoms with Gasteiger partial charge in [0.2, 0.25) is 0 Å². The minimum absolute atomic E-state index is 0.180. The second kappa shape index (κ2) is 7.93. The van der Waals surface area contributed by atoms with Crippen molar-refractivity contribution in [2.75, 3.05) is 0 Å². The van der Waals surface area contributed by atoms with E-state index in [0.717, 1.165) is 5.84 Å². The molecule has 3 nitrogen and oxygen atoms in total. The lowest BCUT2D eigenvalue weighted by molar-refractivity contribution is 0.504. The summed E-state index contributed by atoms with van der Waals surface area (Å²) >= 11 is 0. The van der Waals surface area contributed by atoms with Crippen LogP contribution in [0.25, 0.3) is 0 Å². The van der Waals surface area contributed by atoms with E-state index >= 15 is 0 Å². The van der Waals surface area contributed by atoms with Gasteiger partial charge < -0.3 is 0 Å². The van der Waals surface area contributed by atoms with E-state index < -0.39 is 0 Å². The van der Waals surface area contributed by atoms with Gasteiger partial charge in [-0.25, -0.2) is 0 Å². The summed E-state index contributed by atoms with van der Waals surface area (Å²) in [5.74, 6) is 1.96. The van der Waals surface area contributed by atoms with E-state index in [-0.39, 0.29) is 5.54 Å². The maximum Gasteiger partial charge on any atom is 0.133 e. The second-order valence-corrected chi connectivity index (χ2v) is 5.44. The van der Waals surface area contributed by atoms with Crippen molar-refractivity contribution in [3.05, 3.63) is 24.4 Å². The number of allylic oxidation sites excluding steroid dienone is 1. The van der Waals surface area contributed by atoms with E-state index in [1.54, 1.807) is 4.90 Å². The Labute approximate surface area is 118 Å². The number of amidine groups is 1. The lowest BCUT2D eigenvalue weighted by Crippen LogP contribution is -2.31. The van der Waals surface area contributed by atoms with Crippen LogP contribution in [0.3, 0.4) is 0 Å². The number of rotatable bonds is 4. The van der Waals surface area contributed by atoms with E-state index in [4.69, 9.17) is 5.41 Å². The highest BCUT2D eigenvalue weighted by atomic mass is 15.2.